The standard InChI is InChI=1S/C53H36N2O/c1-53(2)46-23-12-11-20-42(46)43-25-24-37(30-47(43)53)48-32-49(55-52(54-48)34-16-7-4-8-17-34)40-27-38(33-14-5-3-6-15-33)26-39(28-40)41-21-13-22-44-45-29-35-18-9-10-19-36(35)31-50(45)56-51(41)44/h3-32H,1-2H3. The van der Waals surface area contributed by atoms with E-state index in [2.05, 4.69) is 178 Å². The Balaban J connectivity index is 1.12. The van der Waals surface area contributed by atoms with Crippen LogP contribution >= 0.6 is 0 Å². The van der Waals surface area contributed by atoms with Crippen LogP contribution in [0.15, 0.2) is 186 Å². The summed E-state index contributed by atoms with van der Waals surface area (Å²) >= 11 is 0. The highest BCUT2D eigenvalue weighted by atomic mass is 16.3. The van der Waals surface area contributed by atoms with Crippen LogP contribution in [-0.2, 0) is 5.41 Å². The van der Waals surface area contributed by atoms with E-state index < -0.39 is 0 Å². The molecule has 0 aliphatic heterocycles. The van der Waals surface area contributed by atoms with Crippen molar-refractivity contribution in [1.82, 2.24) is 9.97 Å². The Morgan fingerprint density at radius 3 is 1.82 bits per heavy atom. The van der Waals surface area contributed by atoms with E-state index in [4.69, 9.17) is 14.4 Å². The summed E-state index contributed by atoms with van der Waals surface area (Å²) in [6.45, 7) is 4.65. The number of rotatable bonds is 5. The SMILES string of the molecule is CC1(C)c2ccccc2-c2ccc(-c3cc(-c4cc(-c5ccccc5)cc(-c5cccc6c5oc5cc7ccccc7cc56)c4)nc(-c4ccccc4)n3)cc21. The van der Waals surface area contributed by atoms with Crippen LogP contribution in [0.5, 0.6) is 0 Å². The summed E-state index contributed by atoms with van der Waals surface area (Å²) in [6.07, 6.45) is 0. The molecule has 3 heteroatoms. The number of furan rings is 1. The van der Waals surface area contributed by atoms with Crippen molar-refractivity contribution in [3.8, 4) is 67.3 Å². The minimum absolute atomic E-state index is 0.122. The van der Waals surface area contributed by atoms with E-state index in [0.29, 0.717) is 5.82 Å². The summed E-state index contributed by atoms with van der Waals surface area (Å²) in [4.78, 5) is 10.5. The summed E-state index contributed by atoms with van der Waals surface area (Å²) < 4.78 is 6.74. The largest absolute Gasteiger partial charge is 0.455 e. The van der Waals surface area contributed by atoms with Crippen molar-refractivity contribution in [3.05, 3.63) is 193 Å². The van der Waals surface area contributed by atoms with Crippen molar-refractivity contribution in [2.45, 2.75) is 19.3 Å². The fourth-order valence-corrected chi connectivity index (χ4v) is 8.76. The zero-order valence-electron chi connectivity index (χ0n) is 31.1. The molecule has 0 saturated heterocycles. The Bertz CT molecular complexity index is 3160. The van der Waals surface area contributed by atoms with Crippen LogP contribution in [0.2, 0.25) is 0 Å². The molecule has 8 aromatic carbocycles. The second-order valence-electron chi connectivity index (χ2n) is 15.4. The number of benzene rings is 8. The first-order chi connectivity index (χ1) is 27.5. The van der Waals surface area contributed by atoms with Crippen molar-refractivity contribution in [2.75, 3.05) is 0 Å². The maximum absolute atomic E-state index is 6.74. The lowest BCUT2D eigenvalue weighted by Crippen LogP contribution is -2.14. The van der Waals surface area contributed by atoms with Gasteiger partial charge in [-0.25, -0.2) is 9.97 Å². The fourth-order valence-electron chi connectivity index (χ4n) is 8.76. The minimum atomic E-state index is -0.122. The van der Waals surface area contributed by atoms with E-state index >= 15 is 0 Å². The molecular weight excluding hydrogens is 681 g/mol. The van der Waals surface area contributed by atoms with Crippen LogP contribution in [0.3, 0.4) is 0 Å². The minimum Gasteiger partial charge on any atom is -0.455 e. The van der Waals surface area contributed by atoms with E-state index in [9.17, 15) is 0 Å². The molecule has 11 rings (SSSR count). The predicted molar refractivity (Wildman–Crippen MR) is 232 cm³/mol. The van der Waals surface area contributed by atoms with Gasteiger partial charge in [-0.3, -0.25) is 0 Å². The van der Waals surface area contributed by atoms with Gasteiger partial charge in [0.05, 0.1) is 11.4 Å². The summed E-state index contributed by atoms with van der Waals surface area (Å²) in [5, 5.41) is 4.59. The average Bonchev–Trinajstić information content (AvgIpc) is 3.73. The molecule has 2 aromatic heterocycles. The van der Waals surface area contributed by atoms with E-state index in [1.807, 2.05) is 18.2 Å². The molecule has 56 heavy (non-hydrogen) atoms. The lowest BCUT2D eigenvalue weighted by atomic mass is 9.82. The van der Waals surface area contributed by atoms with E-state index in [1.165, 1.54) is 33.0 Å². The second-order valence-corrected chi connectivity index (χ2v) is 15.4. The highest BCUT2D eigenvalue weighted by molar-refractivity contribution is 6.13. The van der Waals surface area contributed by atoms with Crippen molar-refractivity contribution < 1.29 is 4.42 Å². The topological polar surface area (TPSA) is 38.9 Å². The quantitative estimate of drug-likeness (QED) is 0.178. The van der Waals surface area contributed by atoms with Gasteiger partial charge in [0, 0.05) is 38.4 Å². The maximum Gasteiger partial charge on any atom is 0.160 e. The zero-order valence-corrected chi connectivity index (χ0v) is 31.1. The predicted octanol–water partition coefficient (Wildman–Crippen LogP) is 14.2. The van der Waals surface area contributed by atoms with Gasteiger partial charge in [0.2, 0.25) is 0 Å². The molecular formula is C53H36N2O. The van der Waals surface area contributed by atoms with Crippen LogP contribution in [0, 0.1) is 0 Å². The number of fused-ring (bicyclic) bond motifs is 7. The third-order valence-corrected chi connectivity index (χ3v) is 11.6. The third-order valence-electron chi connectivity index (χ3n) is 11.6. The molecule has 3 nitrogen and oxygen atoms in total. The number of nitrogens with zero attached hydrogens (tertiary/aromatic N) is 2. The molecule has 0 spiro atoms. The average molecular weight is 717 g/mol. The molecule has 0 saturated carbocycles. The van der Waals surface area contributed by atoms with Crippen LogP contribution in [0.1, 0.15) is 25.0 Å². The molecule has 0 unspecified atom stereocenters. The molecule has 2 heterocycles. The van der Waals surface area contributed by atoms with Crippen molar-refractivity contribution in [3.63, 3.8) is 0 Å². The van der Waals surface area contributed by atoms with Gasteiger partial charge in [0.15, 0.2) is 5.82 Å². The molecule has 0 radical (unpaired) electrons. The molecule has 0 amide bonds. The molecule has 1 aliphatic carbocycles. The number of hydrogen-bond donors (Lipinski definition) is 0. The van der Waals surface area contributed by atoms with Crippen LogP contribution in [0.4, 0.5) is 0 Å². The van der Waals surface area contributed by atoms with Crippen LogP contribution in [0.25, 0.3) is 100.0 Å². The molecule has 1 aliphatic rings. The molecule has 0 atom stereocenters. The van der Waals surface area contributed by atoms with Gasteiger partial charge in [0.1, 0.15) is 11.2 Å². The van der Waals surface area contributed by atoms with Crippen molar-refractivity contribution in [2.24, 2.45) is 0 Å². The van der Waals surface area contributed by atoms with Gasteiger partial charge >= 0.3 is 0 Å². The van der Waals surface area contributed by atoms with E-state index in [1.54, 1.807) is 0 Å². The Morgan fingerprint density at radius 1 is 0.393 bits per heavy atom. The summed E-state index contributed by atoms with van der Waals surface area (Å²) in [7, 11) is 0. The zero-order chi connectivity index (χ0) is 37.4. The second kappa shape index (κ2) is 12.5. The van der Waals surface area contributed by atoms with Gasteiger partial charge < -0.3 is 4.42 Å². The van der Waals surface area contributed by atoms with E-state index in [0.717, 1.165) is 72.3 Å². The smallest absolute Gasteiger partial charge is 0.160 e. The van der Waals surface area contributed by atoms with Gasteiger partial charge in [0.25, 0.3) is 0 Å². The maximum atomic E-state index is 6.74. The van der Waals surface area contributed by atoms with Crippen molar-refractivity contribution >= 4 is 32.7 Å². The highest BCUT2D eigenvalue weighted by Gasteiger charge is 2.35. The normalized spacial score (nSPS) is 13.0. The third kappa shape index (κ3) is 5.20. The summed E-state index contributed by atoms with van der Waals surface area (Å²) in [5.74, 6) is 0.694. The Morgan fingerprint density at radius 2 is 1.02 bits per heavy atom. The first-order valence-electron chi connectivity index (χ1n) is 19.2. The molecule has 0 N–H and O–H groups in total. The van der Waals surface area contributed by atoms with Gasteiger partial charge in [-0.15, -0.1) is 0 Å². The van der Waals surface area contributed by atoms with E-state index in [-0.39, 0.29) is 5.41 Å². The number of aromatic nitrogens is 2. The molecule has 0 bridgehead atoms. The number of para-hydroxylation sites is 1. The molecule has 264 valence electrons. The molecule has 0 fully saturated rings. The Hall–Kier alpha value is -7.10. The molecule has 10 aromatic rings. The van der Waals surface area contributed by atoms with Crippen LogP contribution in [-0.4, -0.2) is 9.97 Å². The fraction of sp³-hybridized carbons (Fsp3) is 0.0566. The monoisotopic (exact) mass is 716 g/mol. The Kier molecular flexibility index (Phi) is 7.20. The van der Waals surface area contributed by atoms with Gasteiger partial charge in [-0.05, 0) is 92.2 Å². The lowest BCUT2D eigenvalue weighted by molar-refractivity contribution is 0.660. The van der Waals surface area contributed by atoms with Crippen molar-refractivity contribution in [1.29, 1.82) is 0 Å². The Labute approximate surface area is 325 Å². The summed E-state index contributed by atoms with van der Waals surface area (Å²) in [5.41, 5.74) is 16.1. The van der Waals surface area contributed by atoms with Gasteiger partial charge in [-0.1, -0.05) is 153 Å². The summed E-state index contributed by atoms with van der Waals surface area (Å²) in [6, 6.07) is 64.8. The highest BCUT2D eigenvalue weighted by Crippen LogP contribution is 2.49. The number of hydrogen-bond acceptors (Lipinski definition) is 3. The van der Waals surface area contributed by atoms with Gasteiger partial charge in [-0.2, -0.15) is 0 Å². The van der Waals surface area contributed by atoms with Crippen LogP contribution < -0.4 is 0 Å². The first-order valence-corrected chi connectivity index (χ1v) is 19.2. The first kappa shape index (κ1) is 32.3. The lowest BCUT2D eigenvalue weighted by Gasteiger charge is -2.22.